The van der Waals surface area contributed by atoms with Crippen LogP contribution in [0, 0.1) is 0 Å². The minimum Gasteiger partial charge on any atom is -0.344 e. The summed E-state index contributed by atoms with van der Waals surface area (Å²) in [5.74, 6) is 0. The van der Waals surface area contributed by atoms with Gasteiger partial charge < -0.3 is 6.15 Å². The van der Waals surface area contributed by atoms with Gasteiger partial charge in [-0.1, -0.05) is 0 Å². The second kappa shape index (κ2) is 25.4. The molecule has 0 amide bonds. The molecule has 0 bridgehead atoms. The second-order valence-corrected chi connectivity index (χ2v) is 14.5. The van der Waals surface area contributed by atoms with Gasteiger partial charge in [-0.3, -0.25) is 4.70 Å². The summed E-state index contributed by atoms with van der Waals surface area (Å²) < 4.78 is 0. The fraction of sp³-hybridized carbons (Fsp3) is 1.00. The predicted molar refractivity (Wildman–Crippen MR) is 136 cm³/mol. The van der Waals surface area contributed by atoms with Crippen molar-refractivity contribution in [2.24, 2.45) is 0 Å². The first-order valence-corrected chi connectivity index (χ1v) is 15.8. The molecule has 0 aromatic rings. The van der Waals surface area contributed by atoms with Crippen molar-refractivity contribution >= 4 is 7.26 Å². The molecule has 176 valence electrons. The van der Waals surface area contributed by atoms with Crippen molar-refractivity contribution < 1.29 is 4.70 Å². The molecule has 0 unspecified atom stereocenters. The molecule has 0 aromatic carbocycles. The smallest absolute Gasteiger partial charge is 0.269 e. The van der Waals surface area contributed by atoms with E-state index in [1.165, 1.54) is 116 Å². The zero-order chi connectivity index (χ0) is 19.3. The minimum atomic E-state index is -0.955. The quantitative estimate of drug-likeness (QED) is 0.145. The van der Waals surface area contributed by atoms with Crippen molar-refractivity contribution in [1.29, 1.82) is 0 Å². The molecule has 0 aliphatic heterocycles. The third-order valence-electron chi connectivity index (χ3n) is 6.40. The SMILES string of the molecule is CCCCCCCC[PH](C)(CCCCCCCC)CCCCCCCC.F.N. The van der Waals surface area contributed by atoms with Crippen LogP contribution in [0.1, 0.15) is 136 Å². The largest absolute Gasteiger partial charge is 0.344 e. The Morgan fingerprint density at radius 2 is 0.607 bits per heavy atom. The van der Waals surface area contributed by atoms with Gasteiger partial charge in [0.15, 0.2) is 0 Å². The molecule has 0 fully saturated rings. The Labute approximate surface area is 179 Å². The van der Waals surface area contributed by atoms with Crippen LogP contribution in [0.15, 0.2) is 0 Å². The van der Waals surface area contributed by atoms with Gasteiger partial charge in [0.2, 0.25) is 0 Å². The normalized spacial score (nSPS) is 11.7. The standard InChI is InChI=1S/C25H55P.FH.H3N/c1-5-8-11-14-17-20-23-26(4,24-21-18-15-12-9-6-2)25-22-19-16-13-10-7-3;;/h26H,5-25H2,1-4H3;1H;1H3. The van der Waals surface area contributed by atoms with Crippen LogP contribution in [0.2, 0.25) is 0 Å². The van der Waals surface area contributed by atoms with Crippen molar-refractivity contribution in [3.05, 3.63) is 0 Å². The summed E-state index contributed by atoms with van der Waals surface area (Å²) in [6.45, 7) is 9.73. The number of hydrogen-bond acceptors (Lipinski definition) is 1. The second-order valence-electron chi connectivity index (χ2n) is 9.36. The Morgan fingerprint density at radius 1 is 0.393 bits per heavy atom. The van der Waals surface area contributed by atoms with Crippen molar-refractivity contribution in [3.8, 4) is 0 Å². The predicted octanol–water partition coefficient (Wildman–Crippen LogP) is 9.76. The molecule has 0 saturated heterocycles. The summed E-state index contributed by atoms with van der Waals surface area (Å²) in [5, 5.41) is 0. The first-order valence-electron chi connectivity index (χ1n) is 12.7. The molecule has 1 nitrogen and oxygen atoms in total. The molecule has 0 aromatic heterocycles. The van der Waals surface area contributed by atoms with Crippen LogP contribution in [-0.4, -0.2) is 25.2 Å². The molecule has 0 rings (SSSR count). The first kappa shape index (κ1) is 33.0. The average molecular weight is 424 g/mol. The molecule has 0 atom stereocenters. The van der Waals surface area contributed by atoms with Crippen molar-refractivity contribution in [2.45, 2.75) is 136 Å². The van der Waals surface area contributed by atoms with Crippen LogP contribution in [0.25, 0.3) is 0 Å². The fourth-order valence-electron chi connectivity index (χ4n) is 4.37. The van der Waals surface area contributed by atoms with Gasteiger partial charge in [0, 0.05) is 0 Å². The van der Waals surface area contributed by atoms with Gasteiger partial charge in [0.05, 0.1) is 0 Å². The molecule has 3 heteroatoms. The van der Waals surface area contributed by atoms with Gasteiger partial charge in [-0.05, 0) is 0 Å². The summed E-state index contributed by atoms with van der Waals surface area (Å²) >= 11 is 0. The van der Waals surface area contributed by atoms with Crippen LogP contribution >= 0.6 is 7.26 Å². The maximum Gasteiger partial charge on any atom is -0.269 e. The molecule has 0 aliphatic rings. The van der Waals surface area contributed by atoms with Crippen molar-refractivity contribution in [2.75, 3.05) is 25.2 Å². The van der Waals surface area contributed by atoms with Crippen LogP contribution in [-0.2, 0) is 0 Å². The Balaban J connectivity index is -0.00000312. The van der Waals surface area contributed by atoms with Gasteiger partial charge in [0.25, 0.3) is 0 Å². The summed E-state index contributed by atoms with van der Waals surface area (Å²) in [6, 6.07) is 0. The van der Waals surface area contributed by atoms with Gasteiger partial charge in [-0.2, -0.15) is 0 Å². The number of hydrogen-bond donors (Lipinski definition) is 1. The molecule has 3 N–H and O–H groups in total. The molecular formula is C25H59FNP. The van der Waals surface area contributed by atoms with Crippen LogP contribution in [0.5, 0.6) is 0 Å². The molecule has 0 aliphatic carbocycles. The van der Waals surface area contributed by atoms with E-state index < -0.39 is 7.26 Å². The number of rotatable bonds is 21. The van der Waals surface area contributed by atoms with E-state index in [1.54, 1.807) is 18.5 Å². The summed E-state index contributed by atoms with van der Waals surface area (Å²) in [4.78, 5) is 0. The van der Waals surface area contributed by atoms with Gasteiger partial charge in [0.1, 0.15) is 0 Å². The van der Waals surface area contributed by atoms with Crippen molar-refractivity contribution in [1.82, 2.24) is 6.15 Å². The Hall–Kier alpha value is 0.320. The van der Waals surface area contributed by atoms with E-state index in [9.17, 15) is 0 Å². The summed E-state index contributed by atoms with van der Waals surface area (Å²) in [6.07, 6.45) is 31.4. The van der Waals surface area contributed by atoms with Crippen molar-refractivity contribution in [3.63, 3.8) is 0 Å². The molecule has 0 saturated carbocycles. The zero-order valence-corrected chi connectivity index (χ0v) is 21.5. The van der Waals surface area contributed by atoms with Crippen LogP contribution < -0.4 is 6.15 Å². The number of unbranched alkanes of at least 4 members (excludes halogenated alkanes) is 15. The van der Waals surface area contributed by atoms with E-state index >= 15 is 0 Å². The number of halogens is 1. The molecule has 0 heterocycles. The maximum absolute atomic E-state index is 2.76. The minimum absolute atomic E-state index is 0. The maximum atomic E-state index is 2.76. The fourth-order valence-corrected chi connectivity index (χ4v) is 8.43. The van der Waals surface area contributed by atoms with E-state index in [0.29, 0.717) is 0 Å². The van der Waals surface area contributed by atoms with Crippen LogP contribution in [0.3, 0.4) is 0 Å². The van der Waals surface area contributed by atoms with E-state index in [1.807, 2.05) is 0 Å². The molecule has 0 spiro atoms. The van der Waals surface area contributed by atoms with E-state index in [0.717, 1.165) is 0 Å². The van der Waals surface area contributed by atoms with E-state index in [4.69, 9.17) is 0 Å². The Kier molecular flexibility index (Phi) is 29.9. The van der Waals surface area contributed by atoms with E-state index in [-0.39, 0.29) is 10.9 Å². The molecular weight excluding hydrogens is 364 g/mol. The monoisotopic (exact) mass is 423 g/mol. The zero-order valence-electron chi connectivity index (χ0n) is 20.5. The summed E-state index contributed by atoms with van der Waals surface area (Å²) in [5.41, 5.74) is 0. The topological polar surface area (TPSA) is 35.0 Å². The molecule has 28 heavy (non-hydrogen) atoms. The third-order valence-corrected chi connectivity index (χ3v) is 11.1. The van der Waals surface area contributed by atoms with Gasteiger partial charge in [-0.15, -0.1) is 0 Å². The van der Waals surface area contributed by atoms with Gasteiger partial charge in [-0.25, -0.2) is 0 Å². The van der Waals surface area contributed by atoms with Crippen LogP contribution in [0.4, 0.5) is 4.70 Å². The third kappa shape index (κ3) is 22.6. The average Bonchev–Trinajstić information content (AvgIpc) is 2.64. The Bertz CT molecular complexity index is 232. The first-order chi connectivity index (χ1) is 12.7. The van der Waals surface area contributed by atoms with Gasteiger partial charge >= 0.3 is 169 Å². The Morgan fingerprint density at radius 3 is 0.857 bits per heavy atom. The molecule has 0 radical (unpaired) electrons. The summed E-state index contributed by atoms with van der Waals surface area (Å²) in [7, 11) is -0.955. The van der Waals surface area contributed by atoms with E-state index in [2.05, 4.69) is 27.4 Å².